The van der Waals surface area contributed by atoms with Crippen LogP contribution in [0.1, 0.15) is 18.4 Å². The SMILES string of the molecule is [CH2]CCCSCc1ccc(F)cc1. The highest BCUT2D eigenvalue weighted by atomic mass is 32.2. The molecule has 1 aromatic rings. The van der Waals surface area contributed by atoms with Crippen molar-refractivity contribution in [3.63, 3.8) is 0 Å². The lowest BCUT2D eigenvalue weighted by molar-refractivity contribution is 0.627. The van der Waals surface area contributed by atoms with Crippen molar-refractivity contribution in [2.75, 3.05) is 5.75 Å². The van der Waals surface area contributed by atoms with Gasteiger partial charge < -0.3 is 0 Å². The fourth-order valence-corrected chi connectivity index (χ4v) is 1.96. The van der Waals surface area contributed by atoms with Crippen LogP contribution in [0, 0.1) is 12.7 Å². The Labute approximate surface area is 83.5 Å². The molecule has 0 spiro atoms. The van der Waals surface area contributed by atoms with Crippen LogP contribution in [0.3, 0.4) is 0 Å². The maximum Gasteiger partial charge on any atom is 0.123 e. The van der Waals surface area contributed by atoms with E-state index in [-0.39, 0.29) is 5.82 Å². The van der Waals surface area contributed by atoms with Gasteiger partial charge in [-0.25, -0.2) is 4.39 Å². The molecule has 0 amide bonds. The van der Waals surface area contributed by atoms with Crippen molar-refractivity contribution in [3.8, 4) is 0 Å². The van der Waals surface area contributed by atoms with Crippen molar-refractivity contribution in [2.24, 2.45) is 0 Å². The van der Waals surface area contributed by atoms with Crippen molar-refractivity contribution in [3.05, 3.63) is 42.6 Å². The van der Waals surface area contributed by atoms with E-state index in [1.807, 2.05) is 23.9 Å². The highest BCUT2D eigenvalue weighted by molar-refractivity contribution is 7.98. The number of halogens is 1. The Morgan fingerprint density at radius 3 is 2.54 bits per heavy atom. The van der Waals surface area contributed by atoms with E-state index in [0.29, 0.717) is 0 Å². The van der Waals surface area contributed by atoms with E-state index in [1.54, 1.807) is 0 Å². The fourth-order valence-electron chi connectivity index (χ4n) is 0.975. The van der Waals surface area contributed by atoms with Crippen LogP contribution in [-0.4, -0.2) is 5.75 Å². The maximum atomic E-state index is 12.5. The number of rotatable bonds is 5. The lowest BCUT2D eigenvalue weighted by Gasteiger charge is -2.00. The number of unbranched alkanes of at least 4 members (excludes halogenated alkanes) is 1. The molecule has 13 heavy (non-hydrogen) atoms. The smallest absolute Gasteiger partial charge is 0.123 e. The first-order valence-corrected chi connectivity index (χ1v) is 5.60. The van der Waals surface area contributed by atoms with Gasteiger partial charge in [0.15, 0.2) is 0 Å². The summed E-state index contributed by atoms with van der Waals surface area (Å²) in [5.41, 5.74) is 1.19. The Bertz CT molecular complexity index is 230. The average molecular weight is 197 g/mol. The zero-order valence-corrected chi connectivity index (χ0v) is 8.45. The molecule has 2 heteroatoms. The van der Waals surface area contributed by atoms with Crippen LogP contribution in [0.2, 0.25) is 0 Å². The second-order valence-corrected chi connectivity index (χ2v) is 3.99. The first-order valence-electron chi connectivity index (χ1n) is 4.44. The number of hydrogen-bond acceptors (Lipinski definition) is 1. The van der Waals surface area contributed by atoms with Crippen molar-refractivity contribution < 1.29 is 4.39 Å². The third-order valence-corrected chi connectivity index (χ3v) is 2.84. The molecular formula is C11H14FS. The number of thioether (sulfide) groups is 1. The van der Waals surface area contributed by atoms with Gasteiger partial charge in [0.1, 0.15) is 5.82 Å². The van der Waals surface area contributed by atoms with E-state index in [1.165, 1.54) is 17.7 Å². The Balaban J connectivity index is 2.25. The second kappa shape index (κ2) is 6.03. The standard InChI is InChI=1S/C11H14FS/c1-2-3-8-13-9-10-4-6-11(12)7-5-10/h4-7H,1-3,8-9H2. The predicted molar refractivity (Wildman–Crippen MR) is 57.2 cm³/mol. The van der Waals surface area contributed by atoms with Crippen molar-refractivity contribution in [1.82, 2.24) is 0 Å². The molecule has 0 aliphatic heterocycles. The second-order valence-electron chi connectivity index (χ2n) is 2.89. The molecule has 0 heterocycles. The van der Waals surface area contributed by atoms with Crippen molar-refractivity contribution >= 4 is 11.8 Å². The summed E-state index contributed by atoms with van der Waals surface area (Å²) in [4.78, 5) is 0. The summed E-state index contributed by atoms with van der Waals surface area (Å²) in [6, 6.07) is 6.70. The maximum absolute atomic E-state index is 12.5. The molecule has 0 nitrogen and oxygen atoms in total. The predicted octanol–water partition coefficient (Wildman–Crippen LogP) is 3.67. The molecule has 0 atom stereocenters. The Kier molecular flexibility index (Phi) is 4.91. The summed E-state index contributed by atoms with van der Waals surface area (Å²) >= 11 is 1.87. The summed E-state index contributed by atoms with van der Waals surface area (Å²) in [6.45, 7) is 3.78. The number of hydrogen-bond donors (Lipinski definition) is 0. The zero-order valence-electron chi connectivity index (χ0n) is 7.63. The summed E-state index contributed by atoms with van der Waals surface area (Å²) in [5, 5.41) is 0. The molecule has 0 bridgehead atoms. The van der Waals surface area contributed by atoms with Gasteiger partial charge in [0.2, 0.25) is 0 Å². The van der Waals surface area contributed by atoms with Gasteiger partial charge in [-0.1, -0.05) is 25.5 Å². The molecule has 1 aromatic carbocycles. The fraction of sp³-hybridized carbons (Fsp3) is 0.364. The first kappa shape index (κ1) is 10.6. The van der Waals surface area contributed by atoms with Crippen LogP contribution >= 0.6 is 11.8 Å². The van der Waals surface area contributed by atoms with Gasteiger partial charge in [0.25, 0.3) is 0 Å². The molecule has 0 aliphatic carbocycles. The third kappa shape index (κ3) is 4.32. The van der Waals surface area contributed by atoms with Crippen LogP contribution in [0.5, 0.6) is 0 Å². The molecule has 1 rings (SSSR count). The molecular weight excluding hydrogens is 183 g/mol. The van der Waals surface area contributed by atoms with E-state index in [4.69, 9.17) is 0 Å². The largest absolute Gasteiger partial charge is 0.207 e. The number of benzene rings is 1. The average Bonchev–Trinajstić information content (AvgIpc) is 2.15. The highest BCUT2D eigenvalue weighted by Gasteiger charge is 1.93. The van der Waals surface area contributed by atoms with Crippen molar-refractivity contribution in [2.45, 2.75) is 18.6 Å². The van der Waals surface area contributed by atoms with Gasteiger partial charge >= 0.3 is 0 Å². The molecule has 0 aliphatic rings. The molecule has 0 saturated carbocycles. The minimum absolute atomic E-state index is 0.161. The van der Waals surface area contributed by atoms with Gasteiger partial charge in [-0.05, 0) is 29.9 Å². The minimum atomic E-state index is -0.161. The summed E-state index contributed by atoms with van der Waals surface area (Å²) in [7, 11) is 0. The first-order chi connectivity index (χ1) is 6.33. The van der Waals surface area contributed by atoms with E-state index in [9.17, 15) is 4.39 Å². The Hall–Kier alpha value is -0.500. The van der Waals surface area contributed by atoms with Gasteiger partial charge in [-0.3, -0.25) is 0 Å². The zero-order chi connectivity index (χ0) is 9.52. The third-order valence-electron chi connectivity index (χ3n) is 1.72. The van der Waals surface area contributed by atoms with Crippen LogP contribution in [-0.2, 0) is 5.75 Å². The lowest BCUT2D eigenvalue weighted by atomic mass is 10.2. The topological polar surface area (TPSA) is 0 Å². The normalized spacial score (nSPS) is 10.3. The van der Waals surface area contributed by atoms with E-state index in [0.717, 1.165) is 24.3 Å². The van der Waals surface area contributed by atoms with Crippen LogP contribution in [0.4, 0.5) is 4.39 Å². The van der Waals surface area contributed by atoms with Crippen LogP contribution < -0.4 is 0 Å². The van der Waals surface area contributed by atoms with E-state index in [2.05, 4.69) is 6.92 Å². The van der Waals surface area contributed by atoms with Crippen molar-refractivity contribution in [1.29, 1.82) is 0 Å². The van der Waals surface area contributed by atoms with Crippen LogP contribution in [0.15, 0.2) is 24.3 Å². The van der Waals surface area contributed by atoms with Gasteiger partial charge in [0, 0.05) is 5.75 Å². The molecule has 0 saturated heterocycles. The molecule has 1 radical (unpaired) electrons. The summed E-state index contributed by atoms with van der Waals surface area (Å²) < 4.78 is 12.5. The van der Waals surface area contributed by atoms with E-state index < -0.39 is 0 Å². The van der Waals surface area contributed by atoms with Crippen LogP contribution in [0.25, 0.3) is 0 Å². The highest BCUT2D eigenvalue weighted by Crippen LogP contribution is 2.13. The van der Waals surface area contributed by atoms with Gasteiger partial charge in [-0.15, -0.1) is 0 Å². The molecule has 0 unspecified atom stereocenters. The minimum Gasteiger partial charge on any atom is -0.207 e. The monoisotopic (exact) mass is 197 g/mol. The quantitative estimate of drug-likeness (QED) is 0.649. The van der Waals surface area contributed by atoms with E-state index >= 15 is 0 Å². The van der Waals surface area contributed by atoms with Gasteiger partial charge in [-0.2, -0.15) is 11.8 Å². The molecule has 0 N–H and O–H groups in total. The summed E-state index contributed by atoms with van der Waals surface area (Å²) in [6.07, 6.45) is 2.16. The van der Waals surface area contributed by atoms with Gasteiger partial charge in [0.05, 0.1) is 0 Å². The molecule has 0 aromatic heterocycles. The summed E-state index contributed by atoms with van der Waals surface area (Å²) in [5.74, 6) is 1.95. The Morgan fingerprint density at radius 1 is 1.23 bits per heavy atom. The Morgan fingerprint density at radius 2 is 1.92 bits per heavy atom. The lowest BCUT2D eigenvalue weighted by Crippen LogP contribution is -1.83. The molecule has 71 valence electrons. The molecule has 0 fully saturated rings.